The van der Waals surface area contributed by atoms with Crippen LogP contribution in [0.2, 0.25) is 0 Å². The van der Waals surface area contributed by atoms with Gasteiger partial charge in [0.05, 0.1) is 11.3 Å². The number of hydrogen-bond acceptors (Lipinski definition) is 3. The van der Waals surface area contributed by atoms with Gasteiger partial charge in [0.2, 0.25) is 0 Å². The first kappa shape index (κ1) is 25.4. The second-order valence-corrected chi connectivity index (χ2v) is 7.30. The number of nitrogens with two attached hydrogens (primary N) is 1. The number of aryl methyl sites for hydroxylation is 1. The van der Waals surface area contributed by atoms with Gasteiger partial charge in [-0.05, 0) is 36.3 Å². The van der Waals surface area contributed by atoms with Crippen LogP contribution in [0, 0.1) is 12.8 Å². The topological polar surface area (TPSA) is 76.2 Å². The Morgan fingerprint density at radius 1 is 1.11 bits per heavy atom. The molecule has 0 radical (unpaired) electrons. The molecule has 3 N–H and O–H groups in total. The molecule has 0 bridgehead atoms. The van der Waals surface area contributed by atoms with E-state index in [1.165, 1.54) is 0 Å². The fraction of sp³-hybridized carbons (Fsp3) is 0.429. The standard InChI is InChI=1S/C21H28N2O2.2ClH/c1-12(2)10-17-16(11-22)18(15-8-6-14(5)7-9-15)19(21(24)25)20(23-17)13(3)4;;/h6-9,12-13H,10-11,22H2,1-5H3,(H,24,25);2*1H. The zero-order valence-electron chi connectivity index (χ0n) is 16.6. The molecule has 0 saturated heterocycles. The van der Waals surface area contributed by atoms with Gasteiger partial charge in [-0.15, -0.1) is 24.8 Å². The van der Waals surface area contributed by atoms with Crippen molar-refractivity contribution in [3.63, 3.8) is 0 Å². The van der Waals surface area contributed by atoms with Gasteiger partial charge >= 0.3 is 5.97 Å². The highest BCUT2D eigenvalue weighted by atomic mass is 35.5. The van der Waals surface area contributed by atoms with Crippen LogP contribution in [0.15, 0.2) is 24.3 Å². The molecule has 2 rings (SSSR count). The minimum absolute atomic E-state index is 0. The van der Waals surface area contributed by atoms with E-state index in [2.05, 4.69) is 13.8 Å². The summed E-state index contributed by atoms with van der Waals surface area (Å²) in [5, 5.41) is 9.92. The molecule has 0 aliphatic carbocycles. The van der Waals surface area contributed by atoms with Gasteiger partial charge in [-0.25, -0.2) is 4.79 Å². The van der Waals surface area contributed by atoms with Gasteiger partial charge < -0.3 is 10.8 Å². The van der Waals surface area contributed by atoms with E-state index in [9.17, 15) is 9.90 Å². The number of aromatic carboxylic acids is 1. The molecule has 1 heterocycles. The Hall–Kier alpha value is -1.62. The van der Waals surface area contributed by atoms with E-state index < -0.39 is 5.97 Å². The first-order valence-corrected chi connectivity index (χ1v) is 8.82. The molecular formula is C21H30Cl2N2O2. The van der Waals surface area contributed by atoms with Gasteiger partial charge in [0, 0.05) is 17.8 Å². The zero-order chi connectivity index (χ0) is 18.7. The fourth-order valence-corrected chi connectivity index (χ4v) is 3.14. The van der Waals surface area contributed by atoms with Crippen molar-refractivity contribution in [2.24, 2.45) is 11.7 Å². The van der Waals surface area contributed by atoms with Gasteiger partial charge in [-0.3, -0.25) is 4.98 Å². The van der Waals surface area contributed by atoms with Crippen molar-refractivity contribution in [2.75, 3.05) is 0 Å². The molecule has 0 aliphatic rings. The van der Waals surface area contributed by atoms with Crippen molar-refractivity contribution in [3.05, 3.63) is 52.3 Å². The number of carboxylic acids is 1. The predicted molar refractivity (Wildman–Crippen MR) is 116 cm³/mol. The Kier molecular flexibility index (Phi) is 10.0. The lowest BCUT2D eigenvalue weighted by Gasteiger charge is -2.21. The van der Waals surface area contributed by atoms with Gasteiger partial charge in [-0.1, -0.05) is 57.5 Å². The van der Waals surface area contributed by atoms with E-state index >= 15 is 0 Å². The predicted octanol–water partition coefficient (Wildman–Crippen LogP) is 5.38. The molecule has 0 atom stereocenters. The van der Waals surface area contributed by atoms with E-state index in [1.54, 1.807) is 0 Å². The Balaban J connectivity index is 0.00000338. The van der Waals surface area contributed by atoms with Crippen LogP contribution >= 0.6 is 24.8 Å². The smallest absolute Gasteiger partial charge is 0.338 e. The first-order valence-electron chi connectivity index (χ1n) is 8.82. The van der Waals surface area contributed by atoms with E-state index in [-0.39, 0.29) is 42.8 Å². The van der Waals surface area contributed by atoms with Crippen LogP contribution in [-0.4, -0.2) is 16.1 Å². The Labute approximate surface area is 174 Å². The maximum atomic E-state index is 12.1. The maximum absolute atomic E-state index is 12.1. The molecule has 27 heavy (non-hydrogen) atoms. The van der Waals surface area contributed by atoms with Crippen molar-refractivity contribution >= 4 is 30.8 Å². The highest BCUT2D eigenvalue weighted by molar-refractivity contribution is 5.98. The van der Waals surface area contributed by atoms with Gasteiger partial charge in [0.25, 0.3) is 0 Å². The molecule has 0 aliphatic heterocycles. The highest BCUT2D eigenvalue weighted by Gasteiger charge is 2.26. The second-order valence-electron chi connectivity index (χ2n) is 7.30. The quantitative estimate of drug-likeness (QED) is 0.667. The number of rotatable bonds is 6. The van der Waals surface area contributed by atoms with Crippen molar-refractivity contribution in [2.45, 2.75) is 53.5 Å². The van der Waals surface area contributed by atoms with Crippen molar-refractivity contribution < 1.29 is 9.90 Å². The number of carboxylic acid groups (broad SMARTS) is 1. The largest absolute Gasteiger partial charge is 0.478 e. The highest BCUT2D eigenvalue weighted by Crippen LogP contribution is 2.35. The number of aromatic nitrogens is 1. The third-order valence-electron chi connectivity index (χ3n) is 4.32. The first-order chi connectivity index (χ1) is 11.8. The molecule has 1 aromatic carbocycles. The molecule has 0 spiro atoms. The van der Waals surface area contributed by atoms with E-state index in [4.69, 9.17) is 10.7 Å². The van der Waals surface area contributed by atoms with Crippen LogP contribution in [-0.2, 0) is 13.0 Å². The normalized spacial score (nSPS) is 10.5. The van der Waals surface area contributed by atoms with E-state index in [0.717, 1.165) is 34.4 Å². The molecule has 0 unspecified atom stereocenters. The number of hydrogen-bond donors (Lipinski definition) is 2. The molecule has 150 valence electrons. The summed E-state index contributed by atoms with van der Waals surface area (Å²) in [5.41, 5.74) is 11.5. The average molecular weight is 413 g/mol. The van der Waals surface area contributed by atoms with Crippen LogP contribution in [0.1, 0.15) is 66.5 Å². The lowest BCUT2D eigenvalue weighted by Crippen LogP contribution is -2.17. The number of carbonyl (C=O) groups is 1. The van der Waals surface area contributed by atoms with Crippen LogP contribution in [0.5, 0.6) is 0 Å². The molecule has 2 aromatic rings. The number of halogens is 2. The maximum Gasteiger partial charge on any atom is 0.338 e. The summed E-state index contributed by atoms with van der Waals surface area (Å²) in [4.78, 5) is 16.9. The number of pyridine rings is 1. The molecule has 4 nitrogen and oxygen atoms in total. The van der Waals surface area contributed by atoms with Crippen molar-refractivity contribution in [3.8, 4) is 11.1 Å². The molecule has 1 aromatic heterocycles. The lowest BCUT2D eigenvalue weighted by atomic mass is 9.87. The van der Waals surface area contributed by atoms with Crippen molar-refractivity contribution in [1.29, 1.82) is 0 Å². The van der Waals surface area contributed by atoms with Crippen LogP contribution in [0.25, 0.3) is 11.1 Å². The molecule has 6 heteroatoms. The third-order valence-corrected chi connectivity index (χ3v) is 4.32. The van der Waals surface area contributed by atoms with Crippen LogP contribution in [0.3, 0.4) is 0 Å². The third kappa shape index (κ3) is 5.68. The summed E-state index contributed by atoms with van der Waals surface area (Å²) in [5.74, 6) is -0.509. The van der Waals surface area contributed by atoms with Crippen molar-refractivity contribution in [1.82, 2.24) is 4.98 Å². The zero-order valence-corrected chi connectivity index (χ0v) is 18.2. The van der Waals surface area contributed by atoms with Crippen LogP contribution in [0.4, 0.5) is 0 Å². The fourth-order valence-electron chi connectivity index (χ4n) is 3.14. The van der Waals surface area contributed by atoms with Gasteiger partial charge in [0.1, 0.15) is 0 Å². The minimum Gasteiger partial charge on any atom is -0.478 e. The van der Waals surface area contributed by atoms with E-state index in [1.807, 2.05) is 45.0 Å². The summed E-state index contributed by atoms with van der Waals surface area (Å²) in [7, 11) is 0. The average Bonchev–Trinajstić information content (AvgIpc) is 2.53. The molecular weight excluding hydrogens is 383 g/mol. The summed E-state index contributed by atoms with van der Waals surface area (Å²) in [6, 6.07) is 7.94. The Morgan fingerprint density at radius 2 is 1.67 bits per heavy atom. The monoisotopic (exact) mass is 412 g/mol. The molecule has 0 saturated carbocycles. The second kappa shape index (κ2) is 10.6. The Morgan fingerprint density at radius 3 is 2.07 bits per heavy atom. The Bertz CT molecular complexity index is 773. The number of nitrogens with zero attached hydrogens (tertiary/aromatic N) is 1. The SMILES string of the molecule is Cc1ccc(-c2c(CN)c(CC(C)C)nc(C(C)C)c2C(=O)O)cc1.Cl.Cl. The summed E-state index contributed by atoms with van der Waals surface area (Å²) in [6.45, 7) is 10.5. The lowest BCUT2D eigenvalue weighted by molar-refractivity contribution is 0.0695. The molecule has 0 fully saturated rings. The van der Waals surface area contributed by atoms with Crippen LogP contribution < -0.4 is 5.73 Å². The number of benzene rings is 1. The summed E-state index contributed by atoms with van der Waals surface area (Å²) in [6.07, 6.45) is 0.783. The van der Waals surface area contributed by atoms with Gasteiger partial charge in [-0.2, -0.15) is 0 Å². The molecule has 0 amide bonds. The summed E-state index contributed by atoms with van der Waals surface area (Å²) >= 11 is 0. The minimum atomic E-state index is -0.947. The van der Waals surface area contributed by atoms with Gasteiger partial charge in [0.15, 0.2) is 0 Å². The van der Waals surface area contributed by atoms with E-state index in [0.29, 0.717) is 11.6 Å². The summed E-state index contributed by atoms with van der Waals surface area (Å²) < 4.78 is 0.